The molecule has 7 heteroatoms. The van der Waals surface area contributed by atoms with Gasteiger partial charge in [-0.3, -0.25) is 9.10 Å². The summed E-state index contributed by atoms with van der Waals surface area (Å²) in [4.78, 5) is 12.7. The van der Waals surface area contributed by atoms with Crippen LogP contribution in [0.1, 0.15) is 16.7 Å². The molecule has 1 N–H and O–H groups in total. The van der Waals surface area contributed by atoms with Crippen molar-refractivity contribution in [2.24, 2.45) is 0 Å². The molecule has 0 fully saturated rings. The van der Waals surface area contributed by atoms with Crippen molar-refractivity contribution in [1.82, 2.24) is 0 Å². The topological polar surface area (TPSA) is 66.5 Å². The molecule has 0 bridgehead atoms. The average Bonchev–Trinajstić information content (AvgIpc) is 2.68. The summed E-state index contributed by atoms with van der Waals surface area (Å²) in [5.41, 5.74) is 3.48. The van der Waals surface area contributed by atoms with E-state index in [0.29, 0.717) is 5.69 Å². The van der Waals surface area contributed by atoms with Gasteiger partial charge in [-0.2, -0.15) is 0 Å². The van der Waals surface area contributed by atoms with Crippen LogP contribution < -0.4 is 9.62 Å². The number of halogens is 1. The van der Waals surface area contributed by atoms with E-state index < -0.39 is 28.3 Å². The Morgan fingerprint density at radius 2 is 1.63 bits per heavy atom. The fraction of sp³-hybridized carbons (Fsp3) is 0.174. The SMILES string of the molecule is Cc1ccc(S(=O)(=O)N(CC(=O)Nc2cccc(F)c2)c2ccc(C)c(C)c2)cc1. The lowest BCUT2D eigenvalue weighted by atomic mass is 10.1. The molecule has 3 aromatic carbocycles. The van der Waals surface area contributed by atoms with Crippen LogP contribution in [-0.2, 0) is 14.8 Å². The molecule has 0 unspecified atom stereocenters. The Kier molecular flexibility index (Phi) is 6.22. The van der Waals surface area contributed by atoms with Gasteiger partial charge in [0, 0.05) is 5.69 Å². The van der Waals surface area contributed by atoms with Crippen LogP contribution in [0.25, 0.3) is 0 Å². The zero-order valence-corrected chi connectivity index (χ0v) is 17.8. The summed E-state index contributed by atoms with van der Waals surface area (Å²) in [6.45, 7) is 5.22. The van der Waals surface area contributed by atoms with Crippen LogP contribution in [0, 0.1) is 26.6 Å². The Labute approximate surface area is 176 Å². The summed E-state index contributed by atoms with van der Waals surface area (Å²) >= 11 is 0. The standard InChI is InChI=1S/C23H23FN2O3S/c1-16-7-11-22(12-8-16)30(28,29)26(21-10-9-17(2)18(3)13-21)15-23(27)25-20-6-4-5-19(24)14-20/h4-14H,15H2,1-3H3,(H,25,27). The largest absolute Gasteiger partial charge is 0.324 e. The van der Waals surface area contributed by atoms with Crippen LogP contribution >= 0.6 is 0 Å². The van der Waals surface area contributed by atoms with Crippen molar-refractivity contribution >= 4 is 27.3 Å². The number of hydrogen-bond donors (Lipinski definition) is 1. The van der Waals surface area contributed by atoms with Crippen molar-refractivity contribution in [3.8, 4) is 0 Å². The summed E-state index contributed by atoms with van der Waals surface area (Å²) < 4.78 is 41.2. The number of sulfonamides is 1. The van der Waals surface area contributed by atoms with Gasteiger partial charge in [-0.25, -0.2) is 12.8 Å². The van der Waals surface area contributed by atoms with E-state index in [2.05, 4.69) is 5.32 Å². The van der Waals surface area contributed by atoms with Crippen LogP contribution in [0.2, 0.25) is 0 Å². The molecule has 0 aliphatic rings. The van der Waals surface area contributed by atoms with E-state index in [0.717, 1.165) is 21.0 Å². The first kappa shape index (κ1) is 21.5. The minimum absolute atomic E-state index is 0.0879. The molecule has 156 valence electrons. The molecule has 1 amide bonds. The van der Waals surface area contributed by atoms with E-state index in [1.807, 2.05) is 26.8 Å². The van der Waals surface area contributed by atoms with E-state index >= 15 is 0 Å². The van der Waals surface area contributed by atoms with Crippen molar-refractivity contribution in [3.05, 3.63) is 89.2 Å². The number of hydrogen-bond acceptors (Lipinski definition) is 3. The number of carbonyl (C=O) groups excluding carboxylic acids is 1. The first-order valence-electron chi connectivity index (χ1n) is 9.39. The third-order valence-electron chi connectivity index (χ3n) is 4.78. The number of anilines is 2. The Morgan fingerprint density at radius 1 is 0.933 bits per heavy atom. The summed E-state index contributed by atoms with van der Waals surface area (Å²) in [5, 5.41) is 2.56. The maximum Gasteiger partial charge on any atom is 0.264 e. The van der Waals surface area contributed by atoms with Gasteiger partial charge in [-0.15, -0.1) is 0 Å². The highest BCUT2D eigenvalue weighted by Crippen LogP contribution is 2.26. The van der Waals surface area contributed by atoms with Crippen LogP contribution in [0.5, 0.6) is 0 Å². The fourth-order valence-electron chi connectivity index (χ4n) is 2.93. The number of amides is 1. The van der Waals surface area contributed by atoms with Crippen LogP contribution in [0.4, 0.5) is 15.8 Å². The zero-order valence-electron chi connectivity index (χ0n) is 17.0. The van der Waals surface area contributed by atoms with Crippen molar-refractivity contribution < 1.29 is 17.6 Å². The quantitative estimate of drug-likeness (QED) is 0.627. The minimum atomic E-state index is -4.00. The van der Waals surface area contributed by atoms with Crippen molar-refractivity contribution in [2.45, 2.75) is 25.7 Å². The lowest BCUT2D eigenvalue weighted by Gasteiger charge is -2.25. The average molecular weight is 427 g/mol. The van der Waals surface area contributed by atoms with Gasteiger partial charge in [0.15, 0.2) is 0 Å². The summed E-state index contributed by atoms with van der Waals surface area (Å²) in [6, 6.07) is 17.1. The highest BCUT2D eigenvalue weighted by atomic mass is 32.2. The molecular weight excluding hydrogens is 403 g/mol. The number of aryl methyl sites for hydroxylation is 3. The molecule has 0 saturated heterocycles. The van der Waals surface area contributed by atoms with Crippen molar-refractivity contribution in [3.63, 3.8) is 0 Å². The second-order valence-electron chi connectivity index (χ2n) is 7.15. The maximum atomic E-state index is 13.4. The van der Waals surface area contributed by atoms with Gasteiger partial charge < -0.3 is 5.32 Å². The molecule has 3 aromatic rings. The summed E-state index contributed by atoms with van der Waals surface area (Å²) in [7, 11) is -4.00. The maximum absolute atomic E-state index is 13.4. The second kappa shape index (κ2) is 8.67. The predicted octanol–water partition coefficient (Wildman–Crippen LogP) is 4.58. The van der Waals surface area contributed by atoms with Gasteiger partial charge in [0.05, 0.1) is 10.6 Å². The van der Waals surface area contributed by atoms with E-state index in [4.69, 9.17) is 0 Å². The van der Waals surface area contributed by atoms with E-state index in [9.17, 15) is 17.6 Å². The summed E-state index contributed by atoms with van der Waals surface area (Å²) in [5.74, 6) is -1.07. The third-order valence-corrected chi connectivity index (χ3v) is 6.57. The molecule has 0 aliphatic carbocycles. The molecule has 0 saturated carbocycles. The van der Waals surface area contributed by atoms with Crippen LogP contribution in [0.3, 0.4) is 0 Å². The second-order valence-corrected chi connectivity index (χ2v) is 9.01. The van der Waals surface area contributed by atoms with Gasteiger partial charge in [-0.1, -0.05) is 29.8 Å². The fourth-order valence-corrected chi connectivity index (χ4v) is 4.34. The Balaban J connectivity index is 1.97. The number of rotatable bonds is 6. The van der Waals surface area contributed by atoms with Gasteiger partial charge in [0.25, 0.3) is 10.0 Å². The number of carbonyl (C=O) groups is 1. The normalized spacial score (nSPS) is 11.2. The van der Waals surface area contributed by atoms with Crippen LogP contribution in [-0.4, -0.2) is 20.9 Å². The van der Waals surface area contributed by atoms with Gasteiger partial charge in [0.1, 0.15) is 12.4 Å². The highest BCUT2D eigenvalue weighted by Gasteiger charge is 2.27. The molecule has 5 nitrogen and oxygen atoms in total. The Morgan fingerprint density at radius 3 is 2.27 bits per heavy atom. The lowest BCUT2D eigenvalue weighted by Crippen LogP contribution is -2.38. The van der Waals surface area contributed by atoms with E-state index in [1.165, 1.54) is 36.4 Å². The molecule has 0 aromatic heterocycles. The summed E-state index contributed by atoms with van der Waals surface area (Å²) in [6.07, 6.45) is 0. The van der Waals surface area contributed by atoms with Crippen LogP contribution in [0.15, 0.2) is 71.6 Å². The Bertz CT molecular complexity index is 1180. The minimum Gasteiger partial charge on any atom is -0.324 e. The van der Waals surface area contributed by atoms with Gasteiger partial charge in [-0.05, 0) is 74.4 Å². The van der Waals surface area contributed by atoms with E-state index in [-0.39, 0.29) is 10.6 Å². The number of nitrogens with zero attached hydrogens (tertiary/aromatic N) is 1. The third kappa shape index (κ3) is 4.86. The molecule has 0 aliphatic heterocycles. The van der Waals surface area contributed by atoms with E-state index in [1.54, 1.807) is 24.3 Å². The lowest BCUT2D eigenvalue weighted by molar-refractivity contribution is -0.114. The first-order chi connectivity index (χ1) is 14.2. The number of benzene rings is 3. The van der Waals surface area contributed by atoms with Crippen molar-refractivity contribution in [2.75, 3.05) is 16.2 Å². The molecule has 3 rings (SSSR count). The first-order valence-corrected chi connectivity index (χ1v) is 10.8. The van der Waals surface area contributed by atoms with Crippen molar-refractivity contribution in [1.29, 1.82) is 0 Å². The molecule has 0 atom stereocenters. The number of nitrogens with one attached hydrogen (secondary N) is 1. The predicted molar refractivity (Wildman–Crippen MR) is 117 cm³/mol. The molecule has 30 heavy (non-hydrogen) atoms. The Hall–Kier alpha value is -3.19. The molecule has 0 heterocycles. The van der Waals surface area contributed by atoms with Gasteiger partial charge >= 0.3 is 0 Å². The smallest absolute Gasteiger partial charge is 0.264 e. The molecular formula is C23H23FN2O3S. The molecule has 0 radical (unpaired) electrons. The monoisotopic (exact) mass is 426 g/mol. The molecule has 0 spiro atoms. The highest BCUT2D eigenvalue weighted by molar-refractivity contribution is 7.92. The van der Waals surface area contributed by atoms with Gasteiger partial charge in [0.2, 0.25) is 5.91 Å². The zero-order chi connectivity index (χ0) is 21.9.